The minimum Gasteiger partial charge on any atom is -0.448 e. The minimum absolute atomic E-state index is 0.0114. The highest BCUT2D eigenvalue weighted by Gasteiger charge is 2.54. The van der Waals surface area contributed by atoms with Gasteiger partial charge in [-0.15, -0.1) is 0 Å². The Morgan fingerprint density at radius 2 is 2.00 bits per heavy atom. The third kappa shape index (κ3) is 4.32. The van der Waals surface area contributed by atoms with Gasteiger partial charge < -0.3 is 10.5 Å². The van der Waals surface area contributed by atoms with Gasteiger partial charge in [0.1, 0.15) is 21.5 Å². The van der Waals surface area contributed by atoms with Crippen LogP contribution in [-0.4, -0.2) is 29.3 Å². The maximum absolute atomic E-state index is 14.6. The summed E-state index contributed by atoms with van der Waals surface area (Å²) in [5, 5.41) is 6.02. The lowest BCUT2D eigenvalue weighted by Gasteiger charge is -2.42. The molecule has 166 valence electrons. The van der Waals surface area contributed by atoms with Gasteiger partial charge in [-0.05, 0) is 68.5 Å². The summed E-state index contributed by atoms with van der Waals surface area (Å²) in [6.45, 7) is 6.26. The van der Waals surface area contributed by atoms with Crippen molar-refractivity contribution in [3.63, 3.8) is 0 Å². The second-order valence-corrected chi connectivity index (χ2v) is 8.55. The monoisotopic (exact) mass is 447 g/mol. The fourth-order valence-corrected chi connectivity index (χ4v) is 5.68. The van der Waals surface area contributed by atoms with Gasteiger partial charge >= 0.3 is 6.09 Å². The number of carbonyl (C=O) groups excluding carboxylic acids is 1. The summed E-state index contributed by atoms with van der Waals surface area (Å²) in [4.78, 5) is 12.1. The number of aryl methyl sites for hydroxylation is 1. The molecule has 2 aromatic rings. The Kier molecular flexibility index (Phi) is 7.33. The van der Waals surface area contributed by atoms with Crippen LogP contribution in [0.5, 0.6) is 0 Å². The van der Waals surface area contributed by atoms with Crippen molar-refractivity contribution in [1.29, 1.82) is 0 Å². The van der Waals surface area contributed by atoms with Gasteiger partial charge in [-0.2, -0.15) is 10.1 Å². The van der Waals surface area contributed by atoms with Crippen LogP contribution in [0.3, 0.4) is 0 Å². The van der Waals surface area contributed by atoms with E-state index in [1.165, 1.54) is 16.8 Å². The maximum Gasteiger partial charge on any atom is 0.432 e. The number of carbonyl (C=O) groups is 1. The molecule has 1 unspecified atom stereocenters. The van der Waals surface area contributed by atoms with E-state index in [2.05, 4.69) is 5.10 Å². The van der Waals surface area contributed by atoms with Gasteiger partial charge in [-0.1, -0.05) is 43.0 Å². The van der Waals surface area contributed by atoms with Crippen molar-refractivity contribution in [2.75, 3.05) is 13.2 Å². The van der Waals surface area contributed by atoms with Gasteiger partial charge in [0.15, 0.2) is 0 Å². The number of halogens is 2. The van der Waals surface area contributed by atoms with Crippen molar-refractivity contribution in [3.8, 4) is 0 Å². The second-order valence-electron chi connectivity index (χ2n) is 7.34. The molecule has 31 heavy (non-hydrogen) atoms. The van der Waals surface area contributed by atoms with Gasteiger partial charge in [0, 0.05) is 5.56 Å². The predicted molar refractivity (Wildman–Crippen MR) is 120 cm³/mol. The van der Waals surface area contributed by atoms with Crippen LogP contribution in [0, 0.1) is 24.5 Å². The molecule has 0 aromatic heterocycles. The minimum atomic E-state index is -1.00. The Morgan fingerprint density at radius 1 is 1.26 bits per heavy atom. The summed E-state index contributed by atoms with van der Waals surface area (Å²) in [6.07, 6.45) is 0.672. The van der Waals surface area contributed by atoms with E-state index < -0.39 is 22.6 Å². The van der Waals surface area contributed by atoms with Crippen LogP contribution in [0.25, 0.3) is 0 Å². The molecular weight excluding hydrogens is 420 g/mol. The second kappa shape index (κ2) is 9.78. The standard InChI is InChI=1S/C23H27F2N3O2S/c1-4-16(12-13-26)23(19-9-7-6-8-15(19)3)28(22(29)30-5-2)27-21(31-23)18-14-17(24)10-11-20(18)25/h6-11,14,16H,4-5,12-13,26H2,1-3H3/t16?,23-/m0/s1. The van der Waals surface area contributed by atoms with Crippen molar-refractivity contribution in [2.45, 2.75) is 38.5 Å². The quantitative estimate of drug-likeness (QED) is 0.620. The van der Waals surface area contributed by atoms with Gasteiger partial charge in [-0.25, -0.2) is 13.6 Å². The zero-order valence-corrected chi connectivity index (χ0v) is 18.7. The molecule has 3 rings (SSSR count). The molecule has 2 N–H and O–H groups in total. The van der Waals surface area contributed by atoms with Crippen molar-refractivity contribution in [2.24, 2.45) is 16.8 Å². The number of thioether (sulfide) groups is 1. The molecule has 1 aliphatic heterocycles. The molecule has 1 aliphatic rings. The Hall–Kier alpha value is -2.45. The van der Waals surface area contributed by atoms with Gasteiger partial charge in [0.25, 0.3) is 0 Å². The summed E-state index contributed by atoms with van der Waals surface area (Å²) >= 11 is 1.25. The van der Waals surface area contributed by atoms with E-state index in [0.29, 0.717) is 19.4 Å². The highest BCUT2D eigenvalue weighted by atomic mass is 32.2. The molecule has 8 heteroatoms. The fourth-order valence-electron chi connectivity index (χ4n) is 4.01. The molecule has 0 aliphatic carbocycles. The summed E-state index contributed by atoms with van der Waals surface area (Å²) in [7, 11) is 0. The molecule has 2 atom stereocenters. The third-order valence-corrected chi connectivity index (χ3v) is 6.98. The number of amides is 1. The summed E-state index contributed by atoms with van der Waals surface area (Å²) in [5.74, 6) is -1.29. The number of benzene rings is 2. The molecule has 0 saturated heterocycles. The molecule has 0 fully saturated rings. The van der Waals surface area contributed by atoms with E-state index in [-0.39, 0.29) is 23.1 Å². The van der Waals surface area contributed by atoms with E-state index in [0.717, 1.165) is 29.3 Å². The number of nitrogens with two attached hydrogens (primary N) is 1. The van der Waals surface area contributed by atoms with Crippen LogP contribution >= 0.6 is 11.8 Å². The first-order chi connectivity index (χ1) is 14.9. The summed E-state index contributed by atoms with van der Waals surface area (Å²) in [5.41, 5.74) is 7.76. The first-order valence-corrected chi connectivity index (χ1v) is 11.2. The van der Waals surface area contributed by atoms with Crippen LogP contribution in [0.2, 0.25) is 0 Å². The van der Waals surface area contributed by atoms with E-state index in [1.807, 2.05) is 38.1 Å². The Bertz CT molecular complexity index is 985. The van der Waals surface area contributed by atoms with E-state index in [1.54, 1.807) is 6.92 Å². The van der Waals surface area contributed by atoms with Crippen LogP contribution < -0.4 is 5.73 Å². The smallest absolute Gasteiger partial charge is 0.432 e. The van der Waals surface area contributed by atoms with Crippen molar-refractivity contribution in [3.05, 3.63) is 70.8 Å². The Balaban J connectivity index is 2.25. The molecular formula is C23H27F2N3O2S. The number of hydrogen-bond donors (Lipinski definition) is 1. The lowest BCUT2D eigenvalue weighted by atomic mass is 9.85. The molecule has 0 bridgehead atoms. The topological polar surface area (TPSA) is 67.9 Å². The molecule has 1 heterocycles. The zero-order chi connectivity index (χ0) is 22.6. The van der Waals surface area contributed by atoms with Gasteiger partial charge in [-0.3, -0.25) is 0 Å². The molecule has 0 saturated carbocycles. The number of hydrogen-bond acceptors (Lipinski definition) is 5. The molecule has 5 nitrogen and oxygen atoms in total. The lowest BCUT2D eigenvalue weighted by molar-refractivity contribution is 0.0635. The van der Waals surface area contributed by atoms with Gasteiger partial charge in [0.2, 0.25) is 0 Å². The van der Waals surface area contributed by atoms with Crippen molar-refractivity contribution >= 4 is 22.9 Å². The molecule has 1 amide bonds. The summed E-state index contributed by atoms with van der Waals surface area (Å²) in [6, 6.07) is 10.9. The van der Waals surface area contributed by atoms with Crippen LogP contribution in [0.4, 0.5) is 13.6 Å². The SMILES string of the molecule is CCOC(=O)N1N=C(c2cc(F)ccc2F)S[C@]1(c1ccccc1C)C(CC)CCN. The number of hydrazone groups is 1. The van der Waals surface area contributed by atoms with E-state index in [9.17, 15) is 13.6 Å². The maximum atomic E-state index is 14.6. The van der Waals surface area contributed by atoms with Crippen LogP contribution in [-0.2, 0) is 9.61 Å². The Morgan fingerprint density at radius 3 is 2.65 bits per heavy atom. The predicted octanol–water partition coefficient (Wildman–Crippen LogP) is 5.37. The molecule has 0 spiro atoms. The average molecular weight is 448 g/mol. The van der Waals surface area contributed by atoms with E-state index >= 15 is 0 Å². The summed E-state index contributed by atoms with van der Waals surface area (Å²) < 4.78 is 33.9. The molecule has 0 radical (unpaired) electrons. The van der Waals surface area contributed by atoms with Crippen molar-refractivity contribution < 1.29 is 18.3 Å². The molecule has 2 aromatic carbocycles. The number of nitrogens with zero attached hydrogens (tertiary/aromatic N) is 2. The number of ether oxygens (including phenoxy) is 1. The number of rotatable bonds is 7. The first-order valence-electron chi connectivity index (χ1n) is 10.3. The lowest BCUT2D eigenvalue weighted by Crippen LogP contribution is -2.48. The first kappa shape index (κ1) is 23.2. The van der Waals surface area contributed by atoms with Crippen LogP contribution in [0.15, 0.2) is 47.6 Å². The largest absolute Gasteiger partial charge is 0.448 e. The van der Waals surface area contributed by atoms with Crippen molar-refractivity contribution in [1.82, 2.24) is 5.01 Å². The van der Waals surface area contributed by atoms with Gasteiger partial charge in [0.05, 0.1) is 6.61 Å². The zero-order valence-electron chi connectivity index (χ0n) is 17.9. The highest BCUT2D eigenvalue weighted by Crippen LogP contribution is 2.55. The highest BCUT2D eigenvalue weighted by molar-refractivity contribution is 8.15. The average Bonchev–Trinajstić information content (AvgIpc) is 3.15. The third-order valence-electron chi connectivity index (χ3n) is 5.45. The van der Waals surface area contributed by atoms with E-state index in [4.69, 9.17) is 10.5 Å². The Labute approximate surface area is 185 Å². The van der Waals surface area contributed by atoms with Crippen LogP contribution in [0.1, 0.15) is 43.4 Å². The normalized spacial score (nSPS) is 19.3. The fraction of sp³-hybridized carbons (Fsp3) is 0.391.